The van der Waals surface area contributed by atoms with Gasteiger partial charge in [-0.25, -0.2) is 4.39 Å². The number of carbonyl (C=O) groups is 1. The molecule has 0 saturated carbocycles. The molecule has 16 heavy (non-hydrogen) atoms. The zero-order chi connectivity index (χ0) is 11.7. The van der Waals surface area contributed by atoms with E-state index >= 15 is 0 Å². The smallest absolute Gasteiger partial charge is 0.253 e. The molecule has 6 heteroatoms. The molecule has 0 unspecified atom stereocenters. The predicted molar refractivity (Wildman–Crippen MR) is 60.4 cm³/mol. The highest BCUT2D eigenvalue weighted by molar-refractivity contribution is 7.10. The van der Waals surface area contributed by atoms with Gasteiger partial charge in [0.05, 0.1) is 5.69 Å². The van der Waals surface area contributed by atoms with E-state index in [0.717, 1.165) is 11.5 Å². The van der Waals surface area contributed by atoms with Crippen molar-refractivity contribution in [1.29, 1.82) is 0 Å². The van der Waals surface area contributed by atoms with E-state index in [-0.39, 0.29) is 16.4 Å². The van der Waals surface area contributed by atoms with Gasteiger partial charge in [-0.3, -0.25) is 4.79 Å². The van der Waals surface area contributed by atoms with Gasteiger partial charge in [-0.2, -0.15) is 4.37 Å². The lowest BCUT2D eigenvalue weighted by Gasteiger charge is -1.99. The van der Waals surface area contributed by atoms with Crippen molar-refractivity contribution in [2.75, 3.05) is 5.73 Å². The molecule has 0 aliphatic carbocycles. The normalized spacial score (nSPS) is 10.3. The molecule has 0 atom stereocenters. The molecule has 0 radical (unpaired) electrons. The van der Waals surface area contributed by atoms with Gasteiger partial charge < -0.3 is 11.5 Å². The Kier molecular flexibility index (Phi) is 2.57. The molecule has 1 aromatic heterocycles. The molecule has 0 saturated heterocycles. The van der Waals surface area contributed by atoms with E-state index in [1.807, 2.05) is 0 Å². The first-order chi connectivity index (χ1) is 7.59. The number of hydrogen-bond donors (Lipinski definition) is 2. The number of amides is 1. The summed E-state index contributed by atoms with van der Waals surface area (Å²) in [4.78, 5) is 11.2. The standard InChI is InChI=1S/C10H8FN3OS/c11-6-3-1-5(2-4-6)8-7(9(12)15)10(13)16-14-8/h1-4H,13H2,(H2,12,15). The third kappa shape index (κ3) is 1.74. The maximum absolute atomic E-state index is 12.7. The number of nitrogens with two attached hydrogens (primary N) is 2. The van der Waals surface area contributed by atoms with Crippen LogP contribution in [0, 0.1) is 5.82 Å². The maximum atomic E-state index is 12.7. The number of benzene rings is 1. The average molecular weight is 237 g/mol. The first-order valence-corrected chi connectivity index (χ1v) is 5.18. The van der Waals surface area contributed by atoms with E-state index in [0.29, 0.717) is 11.3 Å². The monoisotopic (exact) mass is 237 g/mol. The number of nitrogen functional groups attached to an aromatic ring is 1. The van der Waals surface area contributed by atoms with Gasteiger partial charge >= 0.3 is 0 Å². The Labute approximate surface area is 94.9 Å². The van der Waals surface area contributed by atoms with E-state index in [1.165, 1.54) is 24.3 Å². The summed E-state index contributed by atoms with van der Waals surface area (Å²) in [6.45, 7) is 0. The van der Waals surface area contributed by atoms with Crippen molar-refractivity contribution in [3.8, 4) is 11.3 Å². The van der Waals surface area contributed by atoms with Crippen molar-refractivity contribution >= 4 is 22.4 Å². The molecule has 1 heterocycles. The van der Waals surface area contributed by atoms with Gasteiger partial charge in [0.2, 0.25) is 0 Å². The van der Waals surface area contributed by atoms with Crippen LogP contribution in [0.4, 0.5) is 9.39 Å². The van der Waals surface area contributed by atoms with E-state index < -0.39 is 5.91 Å². The predicted octanol–water partition coefficient (Wildman–Crippen LogP) is 1.63. The van der Waals surface area contributed by atoms with Crippen LogP contribution in [-0.4, -0.2) is 10.3 Å². The molecule has 0 spiro atoms. The lowest BCUT2D eigenvalue weighted by atomic mass is 10.1. The van der Waals surface area contributed by atoms with Crippen LogP contribution in [0.5, 0.6) is 0 Å². The number of hydrogen-bond acceptors (Lipinski definition) is 4. The third-order valence-electron chi connectivity index (χ3n) is 2.08. The van der Waals surface area contributed by atoms with E-state index in [1.54, 1.807) is 0 Å². The highest BCUT2D eigenvalue weighted by Gasteiger charge is 2.17. The summed E-state index contributed by atoms with van der Waals surface area (Å²) in [6.07, 6.45) is 0. The first-order valence-electron chi connectivity index (χ1n) is 4.40. The van der Waals surface area contributed by atoms with Gasteiger partial charge in [0.15, 0.2) is 0 Å². The minimum absolute atomic E-state index is 0.191. The van der Waals surface area contributed by atoms with Gasteiger partial charge in [0.25, 0.3) is 5.91 Å². The Hall–Kier alpha value is -1.95. The van der Waals surface area contributed by atoms with Crippen LogP contribution in [0.2, 0.25) is 0 Å². The number of primary amides is 1. The second-order valence-electron chi connectivity index (χ2n) is 3.14. The molecule has 2 rings (SSSR count). The number of halogens is 1. The fourth-order valence-electron chi connectivity index (χ4n) is 1.35. The summed E-state index contributed by atoms with van der Waals surface area (Å²) < 4.78 is 16.8. The second-order valence-corrected chi connectivity index (χ2v) is 3.95. The van der Waals surface area contributed by atoms with Crippen molar-refractivity contribution in [1.82, 2.24) is 4.37 Å². The fraction of sp³-hybridized carbons (Fsp3) is 0. The Morgan fingerprint density at radius 1 is 1.31 bits per heavy atom. The summed E-state index contributed by atoms with van der Waals surface area (Å²) in [5.41, 5.74) is 12.0. The zero-order valence-corrected chi connectivity index (χ0v) is 8.92. The van der Waals surface area contributed by atoms with Crippen LogP contribution in [0.15, 0.2) is 24.3 Å². The molecule has 4 N–H and O–H groups in total. The molecule has 2 aromatic rings. The quantitative estimate of drug-likeness (QED) is 0.832. The van der Waals surface area contributed by atoms with Gasteiger partial charge in [0, 0.05) is 5.56 Å². The highest BCUT2D eigenvalue weighted by atomic mass is 32.1. The molecule has 1 amide bonds. The number of nitrogens with zero attached hydrogens (tertiary/aromatic N) is 1. The van der Waals surface area contributed by atoms with E-state index in [4.69, 9.17) is 11.5 Å². The van der Waals surface area contributed by atoms with E-state index in [2.05, 4.69) is 4.37 Å². The van der Waals surface area contributed by atoms with Crippen LogP contribution in [0.1, 0.15) is 10.4 Å². The number of carbonyl (C=O) groups excluding carboxylic acids is 1. The third-order valence-corrected chi connectivity index (χ3v) is 2.76. The van der Waals surface area contributed by atoms with Crippen LogP contribution >= 0.6 is 11.5 Å². The summed E-state index contributed by atoms with van der Waals surface area (Å²) >= 11 is 0.992. The topological polar surface area (TPSA) is 82.0 Å². The van der Waals surface area contributed by atoms with Crippen molar-refractivity contribution in [3.05, 3.63) is 35.6 Å². The Morgan fingerprint density at radius 3 is 2.50 bits per heavy atom. The van der Waals surface area contributed by atoms with Crippen LogP contribution in [-0.2, 0) is 0 Å². The van der Waals surface area contributed by atoms with E-state index in [9.17, 15) is 9.18 Å². The first kappa shape index (κ1) is 10.6. The van der Waals surface area contributed by atoms with Crippen molar-refractivity contribution in [2.45, 2.75) is 0 Å². The van der Waals surface area contributed by atoms with Gasteiger partial charge in [-0.15, -0.1) is 0 Å². The lowest BCUT2D eigenvalue weighted by Crippen LogP contribution is -2.13. The molecule has 82 valence electrons. The molecular formula is C10H8FN3OS. The van der Waals surface area contributed by atoms with Crippen molar-refractivity contribution in [3.63, 3.8) is 0 Å². The molecule has 1 aromatic carbocycles. The Bertz CT molecular complexity index is 535. The van der Waals surface area contributed by atoms with Crippen LogP contribution in [0.3, 0.4) is 0 Å². The molecule has 0 aliphatic heterocycles. The SMILES string of the molecule is NC(=O)c1c(-c2ccc(F)cc2)nsc1N. The maximum Gasteiger partial charge on any atom is 0.253 e. The van der Waals surface area contributed by atoms with Crippen molar-refractivity contribution < 1.29 is 9.18 Å². The number of rotatable bonds is 2. The van der Waals surface area contributed by atoms with Gasteiger partial charge in [0.1, 0.15) is 16.4 Å². The number of aromatic nitrogens is 1. The molecular weight excluding hydrogens is 229 g/mol. The van der Waals surface area contributed by atoms with Crippen LogP contribution < -0.4 is 11.5 Å². The minimum atomic E-state index is -0.634. The molecule has 0 aliphatic rings. The Balaban J connectivity index is 2.56. The summed E-state index contributed by atoms with van der Waals surface area (Å²) in [5.74, 6) is -0.988. The van der Waals surface area contributed by atoms with Crippen molar-refractivity contribution in [2.24, 2.45) is 5.73 Å². The minimum Gasteiger partial charge on any atom is -0.389 e. The highest BCUT2D eigenvalue weighted by Crippen LogP contribution is 2.29. The zero-order valence-electron chi connectivity index (χ0n) is 8.11. The summed E-state index contributed by atoms with van der Waals surface area (Å²) in [7, 11) is 0. The molecule has 0 bridgehead atoms. The average Bonchev–Trinajstić information content (AvgIpc) is 2.61. The van der Waals surface area contributed by atoms with Crippen LogP contribution in [0.25, 0.3) is 11.3 Å². The lowest BCUT2D eigenvalue weighted by molar-refractivity contribution is 0.100. The van der Waals surface area contributed by atoms with Gasteiger partial charge in [-0.05, 0) is 35.8 Å². The Morgan fingerprint density at radius 2 is 1.94 bits per heavy atom. The number of anilines is 1. The fourth-order valence-corrected chi connectivity index (χ4v) is 2.02. The van der Waals surface area contributed by atoms with Gasteiger partial charge in [-0.1, -0.05) is 0 Å². The molecule has 0 fully saturated rings. The summed E-state index contributed by atoms with van der Waals surface area (Å²) in [6, 6.07) is 5.62. The second kappa shape index (κ2) is 3.90. The summed E-state index contributed by atoms with van der Waals surface area (Å²) in [5, 5.41) is 0.270. The largest absolute Gasteiger partial charge is 0.389 e. The molecule has 4 nitrogen and oxygen atoms in total.